The molecule has 0 aromatic carbocycles. The van der Waals surface area contributed by atoms with E-state index in [1.807, 2.05) is 0 Å². The van der Waals surface area contributed by atoms with Crippen molar-refractivity contribution in [2.75, 3.05) is 39.6 Å². The highest BCUT2D eigenvalue weighted by molar-refractivity contribution is 7.47. The number of phosphoric acid groups is 2. The van der Waals surface area contributed by atoms with Gasteiger partial charge in [-0.15, -0.1) is 0 Å². The van der Waals surface area contributed by atoms with E-state index in [9.17, 15) is 43.2 Å². The first-order valence-electron chi connectivity index (χ1n) is 42.2. The molecule has 19 heteroatoms. The quantitative estimate of drug-likeness (QED) is 0.0222. The second kappa shape index (κ2) is 73.9. The fourth-order valence-electron chi connectivity index (χ4n) is 12.6. The van der Waals surface area contributed by atoms with Crippen LogP contribution in [-0.4, -0.2) is 96.7 Å². The van der Waals surface area contributed by atoms with Gasteiger partial charge in [0, 0.05) is 25.7 Å². The number of aliphatic hydroxyl groups excluding tert-OH is 1. The van der Waals surface area contributed by atoms with E-state index in [1.165, 1.54) is 250 Å². The zero-order chi connectivity index (χ0) is 73.4. The van der Waals surface area contributed by atoms with Gasteiger partial charge in [-0.2, -0.15) is 0 Å². The van der Waals surface area contributed by atoms with Crippen LogP contribution in [0.4, 0.5) is 0 Å². The van der Waals surface area contributed by atoms with Gasteiger partial charge >= 0.3 is 39.5 Å². The SMILES string of the molecule is CCCCCCCCCCCCCCCCCCCCCC(=O)O[C@H](COC(=O)CCCCCCCCCCCCCCCCCCC)COP(=O)(O)OC[C@@H](O)COP(=O)(O)OC[C@@H](COC(=O)CCCCCCCCC(C)CC)OC(=O)CCCCCCCCCCCCCCCC. The Morgan fingerprint density at radius 1 is 0.280 bits per heavy atom. The normalized spacial score (nSPS) is 14.1. The molecule has 6 atom stereocenters. The molecule has 0 rings (SSSR count). The number of rotatable bonds is 81. The molecule has 0 bridgehead atoms. The van der Waals surface area contributed by atoms with E-state index >= 15 is 0 Å². The molecule has 0 heterocycles. The second-order valence-electron chi connectivity index (χ2n) is 29.4. The van der Waals surface area contributed by atoms with E-state index < -0.39 is 97.5 Å². The second-order valence-corrected chi connectivity index (χ2v) is 32.3. The Balaban J connectivity index is 5.24. The third-order valence-electron chi connectivity index (χ3n) is 19.4. The summed E-state index contributed by atoms with van der Waals surface area (Å²) in [6.07, 6.45) is 65.2. The smallest absolute Gasteiger partial charge is 0.462 e. The highest BCUT2D eigenvalue weighted by Gasteiger charge is 2.30. The average molecular weight is 1470 g/mol. The summed E-state index contributed by atoms with van der Waals surface area (Å²) in [7, 11) is -9.92. The van der Waals surface area contributed by atoms with Crippen LogP contribution in [0.5, 0.6) is 0 Å². The maximum atomic E-state index is 13.1. The van der Waals surface area contributed by atoms with Gasteiger partial charge in [-0.1, -0.05) is 381 Å². The maximum Gasteiger partial charge on any atom is 0.472 e. The van der Waals surface area contributed by atoms with Crippen LogP contribution < -0.4 is 0 Å². The zero-order valence-electron chi connectivity index (χ0n) is 65.3. The predicted molar refractivity (Wildman–Crippen MR) is 409 cm³/mol. The van der Waals surface area contributed by atoms with Crippen molar-refractivity contribution in [3.63, 3.8) is 0 Å². The number of hydrogen-bond acceptors (Lipinski definition) is 15. The minimum atomic E-state index is -4.96. The predicted octanol–water partition coefficient (Wildman–Crippen LogP) is 24.4. The fourth-order valence-corrected chi connectivity index (χ4v) is 14.1. The summed E-state index contributed by atoms with van der Waals surface area (Å²) in [6.45, 7) is 7.30. The molecule has 0 aliphatic rings. The molecule has 0 aliphatic heterocycles. The number of hydrogen-bond donors (Lipinski definition) is 3. The Bertz CT molecular complexity index is 1910. The molecule has 0 saturated heterocycles. The van der Waals surface area contributed by atoms with Gasteiger partial charge in [0.2, 0.25) is 0 Å². The minimum absolute atomic E-state index is 0.107. The van der Waals surface area contributed by atoms with Gasteiger partial charge < -0.3 is 33.8 Å². The lowest BCUT2D eigenvalue weighted by Gasteiger charge is -2.21. The molecule has 0 fully saturated rings. The fraction of sp³-hybridized carbons (Fsp3) is 0.951. The molecular formula is C81H158O17P2. The Morgan fingerprint density at radius 3 is 0.710 bits per heavy atom. The lowest BCUT2D eigenvalue weighted by atomic mass is 10.00. The van der Waals surface area contributed by atoms with Crippen molar-refractivity contribution in [3.05, 3.63) is 0 Å². The number of carbonyl (C=O) groups is 4. The van der Waals surface area contributed by atoms with Crippen LogP contribution in [0.2, 0.25) is 0 Å². The number of carbonyl (C=O) groups excluding carboxylic acids is 4. The van der Waals surface area contributed by atoms with Crippen LogP contribution in [0.15, 0.2) is 0 Å². The third kappa shape index (κ3) is 73.0. The maximum absolute atomic E-state index is 13.1. The topological polar surface area (TPSA) is 237 Å². The summed E-state index contributed by atoms with van der Waals surface area (Å²) in [6, 6.07) is 0. The molecular weight excluding hydrogens is 1310 g/mol. The monoisotopic (exact) mass is 1470 g/mol. The number of ether oxygens (including phenoxy) is 4. The van der Waals surface area contributed by atoms with Gasteiger partial charge in [-0.3, -0.25) is 37.3 Å². The van der Waals surface area contributed by atoms with Crippen molar-refractivity contribution in [1.29, 1.82) is 0 Å². The Morgan fingerprint density at radius 2 is 0.480 bits per heavy atom. The number of esters is 4. The van der Waals surface area contributed by atoms with Crippen LogP contribution in [0, 0.1) is 5.92 Å². The van der Waals surface area contributed by atoms with E-state index in [2.05, 4.69) is 34.6 Å². The van der Waals surface area contributed by atoms with E-state index in [1.54, 1.807) is 0 Å². The van der Waals surface area contributed by atoms with Crippen molar-refractivity contribution < 1.29 is 80.2 Å². The standard InChI is InChI=1S/C81H158O17P2/c1-6-10-13-16-19-22-25-28-31-33-34-36-38-41-44-47-50-57-62-67-80(85)97-76(70-91-78(83)64-59-54-48-45-42-40-37-35-32-29-26-23-20-17-14-11-7-2)72-95-99(87,88)93-68-75(82)69-94-100(89,90)96-73-77(71-92-79(84)65-60-55-52-51-53-58-63-74(5)9-4)98-81(86)66-61-56-49-46-43-39-30-27-24-21-18-15-12-8-3/h74-77,82H,6-73H2,1-5H3,(H,87,88)(H,89,90)/t74?,75-,76-,77-/m1/s1. The lowest BCUT2D eigenvalue weighted by Crippen LogP contribution is -2.30. The van der Waals surface area contributed by atoms with Crippen LogP contribution in [0.3, 0.4) is 0 Å². The minimum Gasteiger partial charge on any atom is -0.462 e. The lowest BCUT2D eigenvalue weighted by molar-refractivity contribution is -0.161. The van der Waals surface area contributed by atoms with Gasteiger partial charge in [-0.05, 0) is 31.6 Å². The summed E-state index contributed by atoms with van der Waals surface area (Å²) in [5.74, 6) is -1.38. The zero-order valence-corrected chi connectivity index (χ0v) is 67.1. The molecule has 594 valence electrons. The molecule has 0 spiro atoms. The molecule has 0 amide bonds. The Kier molecular flexibility index (Phi) is 72.5. The first-order chi connectivity index (χ1) is 48.6. The highest BCUT2D eigenvalue weighted by atomic mass is 31.2. The van der Waals surface area contributed by atoms with Crippen molar-refractivity contribution in [3.8, 4) is 0 Å². The van der Waals surface area contributed by atoms with E-state index in [0.29, 0.717) is 25.7 Å². The molecule has 3 unspecified atom stereocenters. The molecule has 3 N–H and O–H groups in total. The van der Waals surface area contributed by atoms with Crippen molar-refractivity contribution in [1.82, 2.24) is 0 Å². The van der Waals surface area contributed by atoms with Crippen LogP contribution in [0.25, 0.3) is 0 Å². The van der Waals surface area contributed by atoms with E-state index in [-0.39, 0.29) is 25.7 Å². The summed E-state index contributed by atoms with van der Waals surface area (Å²) in [5.41, 5.74) is 0. The Labute approximate surface area is 613 Å². The molecule has 0 radical (unpaired) electrons. The van der Waals surface area contributed by atoms with Gasteiger partial charge in [0.1, 0.15) is 19.3 Å². The molecule has 0 aromatic heterocycles. The summed E-state index contributed by atoms with van der Waals surface area (Å²) >= 11 is 0. The summed E-state index contributed by atoms with van der Waals surface area (Å²) in [5, 5.41) is 10.6. The average Bonchev–Trinajstić information content (AvgIpc) is 0.954. The number of phosphoric ester groups is 2. The summed E-state index contributed by atoms with van der Waals surface area (Å²) in [4.78, 5) is 73.0. The van der Waals surface area contributed by atoms with Gasteiger partial charge in [0.15, 0.2) is 12.2 Å². The van der Waals surface area contributed by atoms with Gasteiger partial charge in [0.25, 0.3) is 0 Å². The molecule has 0 aromatic rings. The largest absolute Gasteiger partial charge is 0.472 e. The van der Waals surface area contributed by atoms with Crippen LogP contribution in [0.1, 0.15) is 433 Å². The number of aliphatic hydroxyl groups is 1. The van der Waals surface area contributed by atoms with Crippen molar-refractivity contribution in [2.24, 2.45) is 5.92 Å². The van der Waals surface area contributed by atoms with Crippen molar-refractivity contribution in [2.45, 2.75) is 451 Å². The Hall–Kier alpha value is -1.94. The summed E-state index contributed by atoms with van der Waals surface area (Å²) < 4.78 is 68.7. The van der Waals surface area contributed by atoms with E-state index in [0.717, 1.165) is 102 Å². The molecule has 100 heavy (non-hydrogen) atoms. The molecule has 17 nitrogen and oxygen atoms in total. The van der Waals surface area contributed by atoms with Crippen LogP contribution in [-0.2, 0) is 65.4 Å². The molecule has 0 saturated carbocycles. The number of unbranched alkanes of at least 4 members (excludes halogenated alkanes) is 52. The molecule has 0 aliphatic carbocycles. The first kappa shape index (κ1) is 98.1. The highest BCUT2D eigenvalue weighted by Crippen LogP contribution is 2.45. The van der Waals surface area contributed by atoms with Gasteiger partial charge in [0.05, 0.1) is 26.4 Å². The van der Waals surface area contributed by atoms with Crippen molar-refractivity contribution >= 4 is 39.5 Å². The van der Waals surface area contributed by atoms with Gasteiger partial charge in [-0.25, -0.2) is 9.13 Å². The first-order valence-corrected chi connectivity index (χ1v) is 45.2. The van der Waals surface area contributed by atoms with Crippen LogP contribution >= 0.6 is 15.6 Å². The van der Waals surface area contributed by atoms with E-state index in [4.69, 9.17) is 37.0 Å². The third-order valence-corrected chi connectivity index (χ3v) is 21.3.